The highest BCUT2D eigenvalue weighted by atomic mass is 32.2. The largest absolute Gasteiger partial charge is 0.256 e. The molecule has 0 bridgehead atoms. The quantitative estimate of drug-likeness (QED) is 0.174. The highest BCUT2D eigenvalue weighted by molar-refractivity contribution is 7.99. The summed E-state index contributed by atoms with van der Waals surface area (Å²) in [6, 6.07) is 74.3. The van der Waals surface area contributed by atoms with E-state index >= 15 is 0 Å². The van der Waals surface area contributed by atoms with Crippen LogP contribution in [0.25, 0.3) is 78.2 Å². The fraction of sp³-hybridized carbons (Fsp3) is 0.0179. The molecule has 0 radical (unpaired) electrons. The molecule has 0 unspecified atom stereocenters. The van der Waals surface area contributed by atoms with E-state index in [1.165, 1.54) is 54.3 Å². The van der Waals surface area contributed by atoms with Crippen molar-refractivity contribution in [3.8, 4) is 67.3 Å². The Morgan fingerprint density at radius 3 is 1.53 bits per heavy atom. The first-order chi connectivity index (χ1) is 29.7. The Labute approximate surface area is 353 Å². The molecule has 0 saturated heterocycles. The van der Waals surface area contributed by atoms with Gasteiger partial charge in [-0.15, -0.1) is 0 Å². The lowest BCUT2D eigenvalue weighted by molar-refractivity contribution is 0.722. The third-order valence-corrected chi connectivity index (χ3v) is 13.4. The van der Waals surface area contributed by atoms with E-state index in [1.54, 1.807) is 0 Å². The summed E-state index contributed by atoms with van der Waals surface area (Å²) in [6.45, 7) is 0. The Hall–Kier alpha value is -7.40. The fourth-order valence-corrected chi connectivity index (χ4v) is 10.7. The zero-order chi connectivity index (χ0) is 39.6. The molecule has 10 aromatic rings. The molecule has 2 aliphatic rings. The van der Waals surface area contributed by atoms with Crippen LogP contribution in [-0.2, 0) is 5.41 Å². The lowest BCUT2D eigenvalue weighted by Gasteiger charge is -2.39. The summed E-state index contributed by atoms with van der Waals surface area (Å²) < 4.78 is 0. The zero-order valence-electron chi connectivity index (χ0n) is 32.5. The SMILES string of the molecule is c1ccc(-c2cc(-c3ccccc3)nc(-c3ccc4c(c3)-c3cc(-c5ccc(-c6cccc7cccnc67)cc5)ccc3C43c4ccccc4Sc4ccccc43)n2)cc1. The van der Waals surface area contributed by atoms with E-state index in [9.17, 15) is 0 Å². The van der Waals surface area contributed by atoms with Crippen LogP contribution < -0.4 is 0 Å². The van der Waals surface area contributed by atoms with E-state index in [1.807, 2.05) is 36.2 Å². The second kappa shape index (κ2) is 13.9. The molecule has 8 aromatic carbocycles. The van der Waals surface area contributed by atoms with Gasteiger partial charge in [0.1, 0.15) is 0 Å². The molecular formula is C56H35N3S. The number of rotatable bonds is 5. The number of aromatic nitrogens is 3. The van der Waals surface area contributed by atoms with Crippen molar-refractivity contribution in [1.82, 2.24) is 15.0 Å². The Balaban J connectivity index is 1.06. The highest BCUT2D eigenvalue weighted by Gasteiger charge is 2.50. The smallest absolute Gasteiger partial charge is 0.160 e. The van der Waals surface area contributed by atoms with E-state index in [2.05, 4.69) is 188 Å². The summed E-state index contributed by atoms with van der Waals surface area (Å²) in [6.07, 6.45) is 1.87. The summed E-state index contributed by atoms with van der Waals surface area (Å²) in [4.78, 5) is 17.8. The number of para-hydroxylation sites is 1. The Kier molecular flexibility index (Phi) is 8.00. The minimum absolute atomic E-state index is 0.493. The van der Waals surface area contributed by atoms with E-state index in [4.69, 9.17) is 15.0 Å². The van der Waals surface area contributed by atoms with Crippen molar-refractivity contribution >= 4 is 22.7 Å². The first-order valence-corrected chi connectivity index (χ1v) is 21.2. The summed E-state index contributed by atoms with van der Waals surface area (Å²) >= 11 is 1.87. The maximum atomic E-state index is 5.26. The Morgan fingerprint density at radius 1 is 0.350 bits per heavy atom. The van der Waals surface area contributed by atoms with Crippen molar-refractivity contribution in [2.24, 2.45) is 0 Å². The molecule has 0 saturated carbocycles. The number of nitrogens with zero attached hydrogens (tertiary/aromatic N) is 3. The molecule has 60 heavy (non-hydrogen) atoms. The minimum Gasteiger partial charge on any atom is -0.256 e. The maximum absolute atomic E-state index is 5.26. The molecule has 4 heteroatoms. The predicted octanol–water partition coefficient (Wildman–Crippen LogP) is 14.2. The summed E-state index contributed by atoms with van der Waals surface area (Å²) in [5, 5.41) is 1.14. The van der Waals surface area contributed by atoms with Gasteiger partial charge in [-0.05, 0) is 86.5 Å². The molecule has 0 atom stereocenters. The molecule has 2 aromatic heterocycles. The van der Waals surface area contributed by atoms with Gasteiger partial charge >= 0.3 is 0 Å². The van der Waals surface area contributed by atoms with Gasteiger partial charge in [0.2, 0.25) is 0 Å². The first-order valence-electron chi connectivity index (χ1n) is 20.3. The fourth-order valence-electron chi connectivity index (χ4n) is 9.50. The van der Waals surface area contributed by atoms with Crippen LogP contribution in [0.15, 0.2) is 222 Å². The average Bonchev–Trinajstić information content (AvgIpc) is 3.61. The predicted molar refractivity (Wildman–Crippen MR) is 246 cm³/mol. The standard InChI is InChI=1S/C56H35N3S/c1-3-13-38(14-4-1)50-35-51(39-15-5-2-6-16-39)59-55(58-50)42-29-31-47-45(34-42)44-33-41(36-24-26-37(27-25-36)43-19-11-17-40-18-12-32-57-54(40)43)28-30-46(44)56(47)48-20-7-9-22-52(48)60-53-23-10-8-21-49(53)56/h1-35H. The number of hydrogen-bond acceptors (Lipinski definition) is 4. The van der Waals surface area contributed by atoms with Crippen LogP contribution in [0.3, 0.4) is 0 Å². The number of hydrogen-bond donors (Lipinski definition) is 0. The Morgan fingerprint density at radius 2 is 0.883 bits per heavy atom. The van der Waals surface area contributed by atoms with Crippen LogP contribution in [0, 0.1) is 0 Å². The van der Waals surface area contributed by atoms with Gasteiger partial charge < -0.3 is 0 Å². The third-order valence-electron chi connectivity index (χ3n) is 12.2. The zero-order valence-corrected chi connectivity index (χ0v) is 33.3. The monoisotopic (exact) mass is 781 g/mol. The van der Waals surface area contributed by atoms with Gasteiger partial charge in [-0.1, -0.05) is 182 Å². The van der Waals surface area contributed by atoms with E-state index < -0.39 is 5.41 Å². The molecule has 3 heterocycles. The van der Waals surface area contributed by atoms with Crippen molar-refractivity contribution in [2.75, 3.05) is 0 Å². The van der Waals surface area contributed by atoms with Crippen molar-refractivity contribution in [3.63, 3.8) is 0 Å². The number of benzene rings is 8. The lowest BCUT2D eigenvalue weighted by atomic mass is 9.67. The third kappa shape index (κ3) is 5.42. The normalized spacial score (nSPS) is 13.1. The van der Waals surface area contributed by atoms with E-state index in [0.29, 0.717) is 5.82 Å². The van der Waals surface area contributed by atoms with Gasteiger partial charge in [-0.3, -0.25) is 4.98 Å². The number of pyridine rings is 1. The van der Waals surface area contributed by atoms with Crippen LogP contribution >= 0.6 is 11.8 Å². The number of fused-ring (bicyclic) bond motifs is 10. The van der Waals surface area contributed by atoms with Gasteiger partial charge in [-0.2, -0.15) is 0 Å². The van der Waals surface area contributed by atoms with Crippen LogP contribution in [0.5, 0.6) is 0 Å². The van der Waals surface area contributed by atoms with Crippen molar-refractivity contribution < 1.29 is 0 Å². The molecule has 0 amide bonds. The molecule has 280 valence electrons. The molecule has 12 rings (SSSR count). The summed E-state index contributed by atoms with van der Waals surface area (Å²) in [7, 11) is 0. The maximum Gasteiger partial charge on any atom is 0.160 e. The van der Waals surface area contributed by atoms with E-state index in [0.717, 1.165) is 50.1 Å². The lowest BCUT2D eigenvalue weighted by Crippen LogP contribution is -2.31. The molecule has 1 aliphatic carbocycles. The molecule has 3 nitrogen and oxygen atoms in total. The first kappa shape index (κ1) is 34.6. The summed E-state index contributed by atoms with van der Waals surface area (Å²) in [5.74, 6) is 0.704. The molecule has 0 fully saturated rings. The van der Waals surface area contributed by atoms with Gasteiger partial charge in [-0.25, -0.2) is 9.97 Å². The molecule has 1 aliphatic heterocycles. The van der Waals surface area contributed by atoms with Crippen molar-refractivity contribution in [2.45, 2.75) is 15.2 Å². The Bertz CT molecular complexity index is 3180. The van der Waals surface area contributed by atoms with Gasteiger partial charge in [0.15, 0.2) is 5.82 Å². The molecule has 1 spiro atoms. The van der Waals surface area contributed by atoms with Crippen LogP contribution in [-0.4, -0.2) is 15.0 Å². The topological polar surface area (TPSA) is 38.7 Å². The highest BCUT2D eigenvalue weighted by Crippen LogP contribution is 2.62. The average molecular weight is 782 g/mol. The van der Waals surface area contributed by atoms with Crippen LogP contribution in [0.2, 0.25) is 0 Å². The van der Waals surface area contributed by atoms with Crippen molar-refractivity contribution in [3.05, 3.63) is 235 Å². The minimum atomic E-state index is -0.493. The van der Waals surface area contributed by atoms with Crippen LogP contribution in [0.4, 0.5) is 0 Å². The van der Waals surface area contributed by atoms with Crippen molar-refractivity contribution in [1.29, 1.82) is 0 Å². The van der Waals surface area contributed by atoms with Crippen LogP contribution in [0.1, 0.15) is 22.3 Å². The molecule has 0 N–H and O–H groups in total. The summed E-state index contributed by atoms with van der Waals surface area (Å²) in [5.41, 5.74) is 17.7. The van der Waals surface area contributed by atoms with Gasteiger partial charge in [0, 0.05) is 43.6 Å². The molecular weight excluding hydrogens is 747 g/mol. The second-order valence-corrected chi connectivity index (χ2v) is 16.6. The van der Waals surface area contributed by atoms with Gasteiger partial charge in [0.05, 0.1) is 22.3 Å². The second-order valence-electron chi connectivity index (χ2n) is 15.5. The van der Waals surface area contributed by atoms with E-state index in [-0.39, 0.29) is 0 Å². The van der Waals surface area contributed by atoms with Gasteiger partial charge in [0.25, 0.3) is 0 Å².